The van der Waals surface area contributed by atoms with Gasteiger partial charge in [-0.25, -0.2) is 0 Å². The fraction of sp³-hybridized carbons (Fsp3) is 0.650. The topological polar surface area (TPSA) is 25.8 Å². The molecule has 0 N–H and O–H groups in total. The van der Waals surface area contributed by atoms with E-state index in [1.54, 1.807) is 69.8 Å². The van der Waals surface area contributed by atoms with Gasteiger partial charge in [-0.05, 0) is 170 Å². The molecule has 8 fully saturated rings. The molecule has 238 valence electrons. The molecule has 11 rings (SSSR count). The third kappa shape index (κ3) is 5.06. The quantitative estimate of drug-likeness (QED) is 0.210. The van der Waals surface area contributed by atoms with Gasteiger partial charge < -0.3 is 0 Å². The van der Waals surface area contributed by atoms with Crippen molar-refractivity contribution in [2.75, 3.05) is 6.16 Å². The summed E-state index contributed by atoms with van der Waals surface area (Å²) in [6, 6.07) is 13.0. The first-order valence-corrected chi connectivity index (χ1v) is 24.4. The zero-order chi connectivity index (χ0) is 30.5. The third-order valence-corrected chi connectivity index (χ3v) is 21.3. The highest BCUT2D eigenvalue weighted by atomic mass is 31.1. The molecule has 5 heteroatoms. The van der Waals surface area contributed by atoms with Crippen LogP contribution in [0.25, 0.3) is 0 Å². The van der Waals surface area contributed by atoms with Gasteiger partial charge in [-0.2, -0.15) is 0 Å². The van der Waals surface area contributed by atoms with Gasteiger partial charge >= 0.3 is 0 Å². The number of rotatable bonds is 8. The van der Waals surface area contributed by atoms with Gasteiger partial charge in [-0.1, -0.05) is 51.8 Å². The smallest absolute Gasteiger partial charge is 0.0932 e. The number of hydrogen-bond donors (Lipinski definition) is 0. The van der Waals surface area contributed by atoms with E-state index in [1.807, 2.05) is 12.4 Å². The summed E-state index contributed by atoms with van der Waals surface area (Å²) in [6.07, 6.45) is 26.5. The van der Waals surface area contributed by atoms with Gasteiger partial charge in [0.05, 0.1) is 24.6 Å². The number of hydrogen-bond acceptors (Lipinski definition) is 2. The minimum Gasteiger partial charge on any atom is -0.260 e. The summed E-state index contributed by atoms with van der Waals surface area (Å²) in [4.78, 5) is 10.1. The average molecular weight is 653 g/mol. The molecule has 0 aromatic carbocycles. The van der Waals surface area contributed by atoms with E-state index in [4.69, 9.17) is 9.97 Å². The van der Waals surface area contributed by atoms with E-state index in [1.165, 1.54) is 11.7 Å². The predicted molar refractivity (Wildman–Crippen MR) is 196 cm³/mol. The lowest BCUT2D eigenvalue weighted by Gasteiger charge is -2.62. The Kier molecular flexibility index (Phi) is 7.46. The van der Waals surface area contributed by atoms with E-state index in [0.717, 1.165) is 70.0 Å². The Morgan fingerprint density at radius 1 is 0.667 bits per heavy atom. The van der Waals surface area contributed by atoms with Crippen LogP contribution in [0.1, 0.15) is 75.6 Å². The Bertz CT molecular complexity index is 1340. The van der Waals surface area contributed by atoms with E-state index in [9.17, 15) is 0 Å². The monoisotopic (exact) mass is 652 g/mol. The standard InChI is InChI=1S/C40H54N2P2Si/c1-45(2,3)34-22-33(35(23-34)40(43,36-8-4-6-10-41-36)37-9-5-7-11-42-37)24-44(38-29-14-25-12-26(16-29)17-30(38)15-25)39-31-18-27-13-28(20-31)21-32(39)19-27/h4-11,22-23,25-32,34,38-39H,12-21,24,43H2,1-3H3. The predicted octanol–water partition coefficient (Wildman–Crippen LogP) is 10.3. The molecule has 0 radical (unpaired) electrons. The molecule has 45 heavy (non-hydrogen) atoms. The van der Waals surface area contributed by atoms with Crippen molar-refractivity contribution in [3.8, 4) is 0 Å². The van der Waals surface area contributed by atoms with E-state index < -0.39 is 13.2 Å². The second-order valence-corrected chi connectivity index (χ2v) is 26.7. The molecule has 2 aromatic heterocycles. The first kappa shape index (κ1) is 30.0. The third-order valence-electron chi connectivity index (χ3n) is 14.1. The number of allylic oxidation sites excluding steroid dienone is 4. The fourth-order valence-corrected chi connectivity index (χ4v) is 19.4. The molecule has 0 amide bonds. The summed E-state index contributed by atoms with van der Waals surface area (Å²) in [6.45, 7) is 7.74. The zero-order valence-corrected chi connectivity index (χ0v) is 30.9. The summed E-state index contributed by atoms with van der Waals surface area (Å²) < 4.78 is 0. The van der Waals surface area contributed by atoms with Crippen molar-refractivity contribution in [3.05, 3.63) is 83.5 Å². The summed E-state index contributed by atoms with van der Waals surface area (Å²) in [5, 5.41) is -0.419. The van der Waals surface area contributed by atoms with Crippen LogP contribution in [0.5, 0.6) is 0 Å². The van der Waals surface area contributed by atoms with E-state index >= 15 is 0 Å². The molecule has 9 aliphatic carbocycles. The summed E-state index contributed by atoms with van der Waals surface area (Å²) in [7, 11) is 1.80. The largest absolute Gasteiger partial charge is 0.260 e. The molecule has 2 aromatic rings. The van der Waals surface area contributed by atoms with Crippen molar-refractivity contribution in [2.24, 2.45) is 47.3 Å². The Morgan fingerprint density at radius 2 is 1.11 bits per heavy atom. The van der Waals surface area contributed by atoms with Crippen LogP contribution < -0.4 is 0 Å². The highest BCUT2D eigenvalue weighted by molar-refractivity contribution is 7.59. The van der Waals surface area contributed by atoms with Gasteiger partial charge in [-0.3, -0.25) is 9.97 Å². The van der Waals surface area contributed by atoms with E-state index in [2.05, 4.69) is 77.4 Å². The highest BCUT2D eigenvalue weighted by Crippen LogP contribution is 2.72. The van der Waals surface area contributed by atoms with Gasteiger partial charge in [0.25, 0.3) is 0 Å². The maximum atomic E-state index is 5.06. The lowest BCUT2D eigenvalue weighted by atomic mass is 9.55. The van der Waals surface area contributed by atoms with E-state index in [-0.39, 0.29) is 7.92 Å². The van der Waals surface area contributed by atoms with Gasteiger partial charge in [0.15, 0.2) is 0 Å². The summed E-state index contributed by atoms with van der Waals surface area (Å²) in [5.41, 5.74) is 8.08. The lowest BCUT2D eigenvalue weighted by Crippen LogP contribution is -2.53. The van der Waals surface area contributed by atoms with Crippen LogP contribution in [0, 0.1) is 47.3 Å². The summed E-state index contributed by atoms with van der Waals surface area (Å²) in [5.74, 6) is 8.35. The van der Waals surface area contributed by atoms with Crippen molar-refractivity contribution >= 4 is 25.2 Å². The van der Waals surface area contributed by atoms with Crippen molar-refractivity contribution in [2.45, 2.75) is 106 Å². The molecule has 2 atom stereocenters. The number of nitrogens with zero attached hydrogens (tertiary/aromatic N) is 2. The number of pyridine rings is 2. The van der Waals surface area contributed by atoms with Crippen LogP contribution >= 0.6 is 17.2 Å². The van der Waals surface area contributed by atoms with Crippen LogP contribution in [0.3, 0.4) is 0 Å². The second-order valence-electron chi connectivity index (χ2n) is 17.9. The molecule has 0 spiro atoms. The molecule has 0 saturated heterocycles. The maximum absolute atomic E-state index is 5.06. The Morgan fingerprint density at radius 3 is 1.49 bits per heavy atom. The molecule has 2 unspecified atom stereocenters. The van der Waals surface area contributed by atoms with Gasteiger partial charge in [0.1, 0.15) is 0 Å². The Balaban J connectivity index is 1.15. The fourth-order valence-electron chi connectivity index (χ4n) is 12.7. The van der Waals surface area contributed by atoms with Crippen molar-refractivity contribution in [1.82, 2.24) is 9.97 Å². The van der Waals surface area contributed by atoms with Crippen LogP contribution in [0.15, 0.2) is 72.1 Å². The SMILES string of the molecule is C[Si](C)(C)C1C=C(CP(C2C3CC4CC(C3)CC2C4)C2C3CC4CC(C3)CC2C4)C(C(P)(c2ccccn2)c2ccccn2)=C1. The van der Waals surface area contributed by atoms with Crippen LogP contribution in [-0.4, -0.2) is 35.5 Å². The minimum absolute atomic E-state index is 0.0817. The second kappa shape index (κ2) is 11.2. The minimum atomic E-state index is -1.47. The first-order valence-electron chi connectivity index (χ1n) is 18.5. The Labute approximate surface area is 277 Å². The average Bonchev–Trinajstić information content (AvgIpc) is 3.46. The summed E-state index contributed by atoms with van der Waals surface area (Å²) >= 11 is 0. The van der Waals surface area contributed by atoms with Crippen molar-refractivity contribution in [3.63, 3.8) is 0 Å². The van der Waals surface area contributed by atoms with Crippen LogP contribution in [-0.2, 0) is 5.16 Å². The van der Waals surface area contributed by atoms with Crippen molar-refractivity contribution in [1.29, 1.82) is 0 Å². The maximum Gasteiger partial charge on any atom is 0.0932 e. The van der Waals surface area contributed by atoms with Gasteiger partial charge in [-0.15, -0.1) is 9.24 Å². The molecular formula is C40H54N2P2Si. The molecule has 2 nitrogen and oxygen atoms in total. The van der Waals surface area contributed by atoms with Crippen LogP contribution in [0.4, 0.5) is 0 Å². The Hall–Kier alpha value is -1.14. The van der Waals surface area contributed by atoms with E-state index in [0.29, 0.717) is 5.54 Å². The first-order chi connectivity index (χ1) is 21.7. The molecule has 0 aliphatic heterocycles. The molecule has 8 bridgehead atoms. The molecule has 8 saturated carbocycles. The highest BCUT2D eigenvalue weighted by Gasteiger charge is 2.57. The normalized spacial score (nSPS) is 40.5. The zero-order valence-electron chi connectivity index (χ0n) is 27.8. The molecule has 2 heterocycles. The number of aromatic nitrogens is 2. The van der Waals surface area contributed by atoms with Gasteiger partial charge in [0.2, 0.25) is 0 Å². The molecular weight excluding hydrogens is 598 g/mol. The lowest BCUT2D eigenvalue weighted by molar-refractivity contribution is 0.0131. The van der Waals surface area contributed by atoms with Crippen molar-refractivity contribution < 1.29 is 0 Å². The van der Waals surface area contributed by atoms with Crippen LogP contribution in [0.2, 0.25) is 25.2 Å². The van der Waals surface area contributed by atoms with Gasteiger partial charge in [0, 0.05) is 12.4 Å². The molecule has 9 aliphatic rings.